The monoisotopic (exact) mass is 373 g/mol. The number of hydrogen-bond donors (Lipinski definition) is 1. The maximum atomic E-state index is 13.7. The molecule has 2 rings (SSSR count). The lowest BCUT2D eigenvalue weighted by Gasteiger charge is -2.11. The Hall–Kier alpha value is -1.83. The van der Waals surface area contributed by atoms with Crippen molar-refractivity contribution in [2.24, 2.45) is 0 Å². The summed E-state index contributed by atoms with van der Waals surface area (Å²) in [5.74, 6) is 0.257. The van der Waals surface area contributed by atoms with Crippen molar-refractivity contribution in [3.63, 3.8) is 0 Å². The fourth-order valence-corrected chi connectivity index (χ4v) is 3.38. The van der Waals surface area contributed by atoms with Gasteiger partial charge in [-0.15, -0.1) is 0 Å². The van der Waals surface area contributed by atoms with Gasteiger partial charge in [-0.1, -0.05) is 17.7 Å². The number of hydrogen-bond acceptors (Lipinski definition) is 4. The molecule has 24 heavy (non-hydrogen) atoms. The molecule has 130 valence electrons. The van der Waals surface area contributed by atoms with Crippen LogP contribution in [-0.4, -0.2) is 29.2 Å². The van der Waals surface area contributed by atoms with E-state index >= 15 is 0 Å². The molecule has 0 aromatic heterocycles. The van der Waals surface area contributed by atoms with Gasteiger partial charge < -0.3 is 9.47 Å². The SMILES string of the molecule is COc1ccc(CCNS(=O)(=O)c2ccc(Cl)cc2F)cc1OC. The second kappa shape index (κ2) is 7.83. The van der Waals surface area contributed by atoms with Gasteiger partial charge in [-0.2, -0.15) is 0 Å². The number of rotatable bonds is 7. The van der Waals surface area contributed by atoms with Crippen LogP contribution < -0.4 is 14.2 Å². The van der Waals surface area contributed by atoms with Gasteiger partial charge in [-0.05, 0) is 42.3 Å². The van der Waals surface area contributed by atoms with E-state index in [2.05, 4.69) is 4.72 Å². The highest BCUT2D eigenvalue weighted by Crippen LogP contribution is 2.27. The molecule has 0 aliphatic carbocycles. The van der Waals surface area contributed by atoms with Gasteiger partial charge in [0.2, 0.25) is 10.0 Å². The fourth-order valence-electron chi connectivity index (χ4n) is 2.14. The third kappa shape index (κ3) is 4.37. The number of sulfonamides is 1. The molecule has 5 nitrogen and oxygen atoms in total. The second-order valence-corrected chi connectivity index (χ2v) is 7.08. The van der Waals surface area contributed by atoms with Crippen LogP contribution in [-0.2, 0) is 16.4 Å². The van der Waals surface area contributed by atoms with Crippen LogP contribution in [0.4, 0.5) is 4.39 Å². The van der Waals surface area contributed by atoms with Crippen molar-refractivity contribution in [1.82, 2.24) is 4.72 Å². The van der Waals surface area contributed by atoms with Gasteiger partial charge in [0.1, 0.15) is 10.7 Å². The quantitative estimate of drug-likeness (QED) is 0.810. The lowest BCUT2D eigenvalue weighted by molar-refractivity contribution is 0.354. The van der Waals surface area contributed by atoms with E-state index in [0.717, 1.165) is 17.7 Å². The summed E-state index contributed by atoms with van der Waals surface area (Å²) < 4.78 is 50.7. The Morgan fingerprint density at radius 1 is 1.08 bits per heavy atom. The minimum Gasteiger partial charge on any atom is -0.493 e. The van der Waals surface area contributed by atoms with Crippen molar-refractivity contribution in [3.8, 4) is 11.5 Å². The molecule has 0 aliphatic rings. The highest BCUT2D eigenvalue weighted by atomic mass is 35.5. The molecule has 0 aliphatic heterocycles. The molecule has 0 amide bonds. The van der Waals surface area contributed by atoms with Gasteiger partial charge in [0, 0.05) is 11.6 Å². The lowest BCUT2D eigenvalue weighted by atomic mass is 10.1. The van der Waals surface area contributed by atoms with Crippen LogP contribution >= 0.6 is 11.6 Å². The van der Waals surface area contributed by atoms with E-state index < -0.39 is 20.7 Å². The molecular formula is C16H17ClFNO4S. The summed E-state index contributed by atoms with van der Waals surface area (Å²) in [6.07, 6.45) is 0.412. The van der Waals surface area contributed by atoms with Crippen molar-refractivity contribution in [3.05, 3.63) is 52.8 Å². The molecule has 0 atom stereocenters. The zero-order valence-corrected chi connectivity index (χ0v) is 14.7. The Bertz CT molecular complexity index is 827. The zero-order valence-electron chi connectivity index (χ0n) is 13.2. The Morgan fingerprint density at radius 3 is 2.42 bits per heavy atom. The Morgan fingerprint density at radius 2 is 1.79 bits per heavy atom. The van der Waals surface area contributed by atoms with Crippen LogP contribution in [0.5, 0.6) is 11.5 Å². The smallest absolute Gasteiger partial charge is 0.243 e. The third-order valence-corrected chi connectivity index (χ3v) is 5.07. The van der Waals surface area contributed by atoms with E-state index in [0.29, 0.717) is 17.9 Å². The van der Waals surface area contributed by atoms with Gasteiger partial charge in [0.05, 0.1) is 14.2 Å². The summed E-state index contributed by atoms with van der Waals surface area (Å²) >= 11 is 5.63. The number of halogens is 2. The Balaban J connectivity index is 2.05. The highest BCUT2D eigenvalue weighted by molar-refractivity contribution is 7.89. The van der Waals surface area contributed by atoms with Crippen LogP contribution in [0.1, 0.15) is 5.56 Å². The largest absolute Gasteiger partial charge is 0.493 e. The molecule has 0 unspecified atom stereocenters. The summed E-state index contributed by atoms with van der Waals surface area (Å²) in [5.41, 5.74) is 0.854. The Kier molecular flexibility index (Phi) is 6.04. The van der Waals surface area contributed by atoms with Crippen molar-refractivity contribution in [1.29, 1.82) is 0 Å². The van der Waals surface area contributed by atoms with E-state index in [1.54, 1.807) is 18.2 Å². The molecule has 0 saturated heterocycles. The molecular weight excluding hydrogens is 357 g/mol. The van der Waals surface area contributed by atoms with Crippen molar-refractivity contribution >= 4 is 21.6 Å². The number of methoxy groups -OCH3 is 2. The number of nitrogens with one attached hydrogen (secondary N) is 1. The molecule has 0 radical (unpaired) electrons. The molecule has 0 saturated carbocycles. The first-order chi connectivity index (χ1) is 11.4. The van der Waals surface area contributed by atoms with Crippen molar-refractivity contribution < 1.29 is 22.3 Å². The highest BCUT2D eigenvalue weighted by Gasteiger charge is 2.18. The molecule has 0 bridgehead atoms. The minimum absolute atomic E-state index is 0.111. The van der Waals surface area contributed by atoms with Crippen LogP contribution in [0.25, 0.3) is 0 Å². The van der Waals surface area contributed by atoms with Crippen molar-refractivity contribution in [2.45, 2.75) is 11.3 Å². The first-order valence-corrected chi connectivity index (χ1v) is 8.89. The van der Waals surface area contributed by atoms with E-state index in [4.69, 9.17) is 21.1 Å². The van der Waals surface area contributed by atoms with E-state index in [1.807, 2.05) is 0 Å². The molecule has 0 heterocycles. The summed E-state index contributed by atoms with van der Waals surface area (Å²) in [6.45, 7) is 0.111. The molecule has 2 aromatic rings. The molecule has 8 heteroatoms. The fraction of sp³-hybridized carbons (Fsp3) is 0.250. The van der Waals surface area contributed by atoms with Gasteiger partial charge >= 0.3 is 0 Å². The van der Waals surface area contributed by atoms with Gasteiger partial charge in [0.15, 0.2) is 11.5 Å². The maximum absolute atomic E-state index is 13.7. The summed E-state index contributed by atoms with van der Waals surface area (Å²) in [7, 11) is -0.890. The van der Waals surface area contributed by atoms with Gasteiger partial charge in [0.25, 0.3) is 0 Å². The predicted molar refractivity (Wildman–Crippen MR) is 89.8 cm³/mol. The lowest BCUT2D eigenvalue weighted by Crippen LogP contribution is -2.26. The van der Waals surface area contributed by atoms with E-state index in [9.17, 15) is 12.8 Å². The average Bonchev–Trinajstić information content (AvgIpc) is 2.54. The molecule has 0 fully saturated rings. The van der Waals surface area contributed by atoms with E-state index in [1.165, 1.54) is 20.3 Å². The van der Waals surface area contributed by atoms with Crippen LogP contribution in [0.15, 0.2) is 41.3 Å². The summed E-state index contributed by atoms with van der Waals surface area (Å²) in [6, 6.07) is 8.73. The van der Waals surface area contributed by atoms with Crippen LogP contribution in [0.3, 0.4) is 0 Å². The summed E-state index contributed by atoms with van der Waals surface area (Å²) in [5, 5.41) is 0.136. The second-order valence-electron chi connectivity index (χ2n) is 4.91. The third-order valence-electron chi connectivity index (χ3n) is 3.34. The topological polar surface area (TPSA) is 64.6 Å². The standard InChI is InChI=1S/C16H17ClFNO4S/c1-22-14-5-3-11(9-15(14)23-2)7-8-19-24(20,21)16-6-4-12(17)10-13(16)18/h3-6,9-10,19H,7-8H2,1-2H3. The van der Waals surface area contributed by atoms with Gasteiger partial charge in [-0.3, -0.25) is 0 Å². The van der Waals surface area contributed by atoms with E-state index in [-0.39, 0.29) is 11.6 Å². The predicted octanol–water partition coefficient (Wildman–Crippen LogP) is 3.02. The molecule has 1 N–H and O–H groups in total. The number of ether oxygens (including phenoxy) is 2. The Labute approximate surface area is 145 Å². The first kappa shape index (κ1) is 18.5. The first-order valence-electron chi connectivity index (χ1n) is 7.03. The normalized spacial score (nSPS) is 11.3. The molecule has 2 aromatic carbocycles. The van der Waals surface area contributed by atoms with Gasteiger partial charge in [-0.25, -0.2) is 17.5 Å². The minimum atomic E-state index is -3.95. The van der Waals surface area contributed by atoms with Crippen molar-refractivity contribution in [2.75, 3.05) is 20.8 Å². The molecule has 0 spiro atoms. The van der Waals surface area contributed by atoms with Crippen LogP contribution in [0, 0.1) is 5.82 Å². The average molecular weight is 374 g/mol. The summed E-state index contributed by atoms with van der Waals surface area (Å²) in [4.78, 5) is -0.431. The maximum Gasteiger partial charge on any atom is 0.243 e. The van der Waals surface area contributed by atoms with Crippen LogP contribution in [0.2, 0.25) is 5.02 Å². The number of benzene rings is 2. The zero-order chi connectivity index (χ0) is 17.7.